The minimum absolute atomic E-state index is 0.0211. The molecule has 0 saturated carbocycles. The van der Waals surface area contributed by atoms with Crippen LogP contribution in [0.25, 0.3) is 0 Å². The molecule has 1 aromatic carbocycles. The van der Waals surface area contributed by atoms with Crippen molar-refractivity contribution in [2.24, 2.45) is 11.8 Å². The molecule has 9 heteroatoms. The zero-order valence-corrected chi connectivity index (χ0v) is 21.4. The van der Waals surface area contributed by atoms with Crippen LogP contribution in [0.4, 0.5) is 5.82 Å². The fraction of sp³-hybridized carbons (Fsp3) is 0.480. The Morgan fingerprint density at radius 3 is 2.44 bits per heavy atom. The first kappa shape index (κ1) is 24.8. The lowest BCUT2D eigenvalue weighted by atomic mass is 10.0. The first-order chi connectivity index (χ1) is 16.2. The summed E-state index contributed by atoms with van der Waals surface area (Å²) < 4.78 is 0. The van der Waals surface area contributed by atoms with Gasteiger partial charge in [-0.2, -0.15) is 0 Å². The molecule has 1 aromatic heterocycles. The molecule has 0 aliphatic carbocycles. The second-order valence-corrected chi connectivity index (χ2v) is 10.3. The minimum Gasteiger partial charge on any atom is -0.362 e. The number of pyridine rings is 1. The maximum atomic E-state index is 13.2. The average Bonchev–Trinajstić information content (AvgIpc) is 3.37. The Morgan fingerprint density at radius 1 is 1.09 bits per heavy atom. The lowest BCUT2D eigenvalue weighted by Gasteiger charge is -2.23. The number of benzene rings is 1. The van der Waals surface area contributed by atoms with Gasteiger partial charge in [0.25, 0.3) is 11.8 Å². The van der Waals surface area contributed by atoms with Gasteiger partial charge in [-0.1, -0.05) is 29.3 Å². The summed E-state index contributed by atoms with van der Waals surface area (Å²) in [6, 6.07) is 8.81. The number of halogens is 2. The van der Waals surface area contributed by atoms with Crippen LogP contribution in [0.3, 0.4) is 0 Å². The van der Waals surface area contributed by atoms with Crippen LogP contribution in [0.5, 0.6) is 0 Å². The molecule has 2 aromatic rings. The number of anilines is 1. The molecule has 4 rings (SSSR count). The smallest absolute Gasteiger partial charge is 0.257 e. The van der Waals surface area contributed by atoms with Gasteiger partial charge in [0.15, 0.2) is 0 Å². The standard InChI is InChI=1S/C25H31Cl2N5O2/c1-16-5-6-17(11-21(16)26)24(33)28-9-4-10-31-12-18-14-32(15-19(18)13-31)25(34)20-7-8-22(27)29-23(20)30(2)3/h5-8,11,18-19H,4,9-10,12-15H2,1-3H3,(H,28,33). The van der Waals surface area contributed by atoms with E-state index in [1.54, 1.807) is 24.3 Å². The fourth-order valence-electron chi connectivity index (χ4n) is 4.88. The van der Waals surface area contributed by atoms with Crippen LogP contribution < -0.4 is 10.2 Å². The van der Waals surface area contributed by atoms with E-state index in [-0.39, 0.29) is 11.8 Å². The van der Waals surface area contributed by atoms with Crippen molar-refractivity contribution >= 4 is 40.8 Å². The molecule has 2 aliphatic rings. The van der Waals surface area contributed by atoms with Gasteiger partial charge in [-0.05, 0) is 61.6 Å². The molecule has 0 radical (unpaired) electrons. The van der Waals surface area contributed by atoms with Gasteiger partial charge in [-0.3, -0.25) is 9.59 Å². The van der Waals surface area contributed by atoms with Crippen molar-refractivity contribution < 1.29 is 9.59 Å². The van der Waals surface area contributed by atoms with E-state index in [4.69, 9.17) is 23.2 Å². The number of aromatic nitrogens is 1. The third-order valence-corrected chi connectivity index (χ3v) is 7.33. The van der Waals surface area contributed by atoms with Crippen molar-refractivity contribution in [2.45, 2.75) is 13.3 Å². The summed E-state index contributed by atoms with van der Waals surface area (Å²) in [4.78, 5) is 36.1. The second kappa shape index (κ2) is 10.5. The topological polar surface area (TPSA) is 68.8 Å². The van der Waals surface area contributed by atoms with E-state index in [9.17, 15) is 9.59 Å². The van der Waals surface area contributed by atoms with Gasteiger partial charge < -0.3 is 20.0 Å². The normalized spacial score (nSPS) is 19.9. The van der Waals surface area contributed by atoms with Gasteiger partial charge in [0.1, 0.15) is 11.0 Å². The molecular weight excluding hydrogens is 473 g/mol. The van der Waals surface area contributed by atoms with Crippen LogP contribution >= 0.6 is 23.2 Å². The van der Waals surface area contributed by atoms with Gasteiger partial charge in [0, 0.05) is 57.4 Å². The Balaban J connectivity index is 1.23. The number of aryl methyl sites for hydroxylation is 1. The minimum atomic E-state index is -0.0943. The predicted molar refractivity (Wildman–Crippen MR) is 136 cm³/mol. The summed E-state index contributed by atoms with van der Waals surface area (Å²) in [5.41, 5.74) is 2.14. The Labute approximate surface area is 211 Å². The largest absolute Gasteiger partial charge is 0.362 e. The molecule has 2 amide bonds. The quantitative estimate of drug-likeness (QED) is 0.461. The molecule has 2 atom stereocenters. The third kappa shape index (κ3) is 5.48. The summed E-state index contributed by atoms with van der Waals surface area (Å²) in [7, 11) is 3.73. The van der Waals surface area contributed by atoms with Crippen LogP contribution in [0.15, 0.2) is 30.3 Å². The van der Waals surface area contributed by atoms with E-state index in [0.29, 0.717) is 45.5 Å². The fourth-order valence-corrected chi connectivity index (χ4v) is 5.21. The number of amides is 2. The summed E-state index contributed by atoms with van der Waals surface area (Å²) in [6.45, 7) is 6.96. The predicted octanol–water partition coefficient (Wildman–Crippen LogP) is 3.59. The molecule has 34 heavy (non-hydrogen) atoms. The molecule has 2 unspecified atom stereocenters. The van der Waals surface area contributed by atoms with Crippen molar-refractivity contribution in [1.29, 1.82) is 0 Å². The van der Waals surface area contributed by atoms with E-state index >= 15 is 0 Å². The lowest BCUT2D eigenvalue weighted by Crippen LogP contribution is -2.35. The Morgan fingerprint density at radius 2 is 1.79 bits per heavy atom. The Bertz CT molecular complexity index is 1060. The molecule has 2 fully saturated rings. The third-order valence-electron chi connectivity index (χ3n) is 6.71. The lowest BCUT2D eigenvalue weighted by molar-refractivity contribution is 0.0774. The zero-order valence-electron chi connectivity index (χ0n) is 19.9. The number of hydrogen-bond acceptors (Lipinski definition) is 5. The highest BCUT2D eigenvalue weighted by Crippen LogP contribution is 2.33. The molecule has 7 nitrogen and oxygen atoms in total. The Kier molecular flexibility index (Phi) is 7.65. The monoisotopic (exact) mass is 503 g/mol. The maximum absolute atomic E-state index is 13.2. The van der Waals surface area contributed by atoms with Crippen molar-refractivity contribution in [1.82, 2.24) is 20.1 Å². The number of carbonyl (C=O) groups excluding carboxylic acids is 2. The van der Waals surface area contributed by atoms with E-state index in [2.05, 4.69) is 15.2 Å². The zero-order chi connectivity index (χ0) is 24.4. The highest BCUT2D eigenvalue weighted by atomic mass is 35.5. The van der Waals surface area contributed by atoms with Crippen molar-refractivity contribution in [3.63, 3.8) is 0 Å². The van der Waals surface area contributed by atoms with E-state index in [1.807, 2.05) is 36.9 Å². The number of rotatable bonds is 7. The van der Waals surface area contributed by atoms with Crippen LogP contribution in [0.2, 0.25) is 10.2 Å². The maximum Gasteiger partial charge on any atom is 0.257 e. The molecule has 2 saturated heterocycles. The highest BCUT2D eigenvalue weighted by molar-refractivity contribution is 6.31. The van der Waals surface area contributed by atoms with E-state index < -0.39 is 0 Å². The van der Waals surface area contributed by atoms with Gasteiger partial charge in [0.2, 0.25) is 0 Å². The number of nitrogens with one attached hydrogen (secondary N) is 1. The summed E-state index contributed by atoms with van der Waals surface area (Å²) in [5, 5.41) is 3.97. The molecule has 3 heterocycles. The number of fused-ring (bicyclic) bond motifs is 1. The number of carbonyl (C=O) groups is 2. The van der Waals surface area contributed by atoms with E-state index in [0.717, 1.165) is 44.7 Å². The SMILES string of the molecule is Cc1ccc(C(=O)NCCCN2CC3CN(C(=O)c4ccc(Cl)nc4N(C)C)CC3C2)cc1Cl. The molecular formula is C25H31Cl2N5O2. The summed E-state index contributed by atoms with van der Waals surface area (Å²) >= 11 is 12.2. The first-order valence-corrected chi connectivity index (χ1v) is 12.4. The molecule has 0 spiro atoms. The van der Waals surface area contributed by atoms with Gasteiger partial charge in [-0.25, -0.2) is 4.98 Å². The van der Waals surface area contributed by atoms with Crippen molar-refractivity contribution in [2.75, 3.05) is 58.3 Å². The van der Waals surface area contributed by atoms with Gasteiger partial charge in [0.05, 0.1) is 5.56 Å². The van der Waals surface area contributed by atoms with Crippen LogP contribution in [-0.2, 0) is 0 Å². The van der Waals surface area contributed by atoms with Gasteiger partial charge in [-0.15, -0.1) is 0 Å². The molecule has 1 N–H and O–H groups in total. The van der Waals surface area contributed by atoms with Crippen LogP contribution in [0.1, 0.15) is 32.7 Å². The van der Waals surface area contributed by atoms with E-state index in [1.165, 1.54) is 0 Å². The van der Waals surface area contributed by atoms with Crippen LogP contribution in [-0.4, -0.2) is 80.0 Å². The summed E-state index contributed by atoms with van der Waals surface area (Å²) in [5.74, 6) is 1.50. The molecule has 2 aliphatic heterocycles. The Hall–Kier alpha value is -2.35. The number of nitrogens with zero attached hydrogens (tertiary/aromatic N) is 4. The van der Waals surface area contributed by atoms with Gasteiger partial charge >= 0.3 is 0 Å². The summed E-state index contributed by atoms with van der Waals surface area (Å²) in [6.07, 6.45) is 0.885. The van der Waals surface area contributed by atoms with Crippen LogP contribution in [0, 0.1) is 18.8 Å². The number of likely N-dealkylation sites (tertiary alicyclic amines) is 2. The number of hydrogen-bond donors (Lipinski definition) is 1. The van der Waals surface area contributed by atoms with Crippen molar-refractivity contribution in [3.8, 4) is 0 Å². The molecule has 182 valence electrons. The van der Waals surface area contributed by atoms with Crippen molar-refractivity contribution in [3.05, 3.63) is 57.2 Å². The average molecular weight is 504 g/mol. The highest BCUT2D eigenvalue weighted by Gasteiger charge is 2.41. The second-order valence-electron chi connectivity index (χ2n) is 9.46. The molecule has 0 bridgehead atoms. The first-order valence-electron chi connectivity index (χ1n) is 11.6.